The van der Waals surface area contributed by atoms with E-state index in [1.807, 2.05) is 4.90 Å². The van der Waals surface area contributed by atoms with Gasteiger partial charge in [-0.15, -0.1) is 0 Å². The van der Waals surface area contributed by atoms with Crippen LogP contribution < -0.4 is 0 Å². The van der Waals surface area contributed by atoms with Gasteiger partial charge in [0, 0.05) is 46.2 Å². The lowest BCUT2D eigenvalue weighted by Crippen LogP contribution is -2.66. The molecule has 13 heteroatoms. The minimum atomic E-state index is -1.46. The molecular weight excluding hydrogens is 779 g/mol. The Morgan fingerprint density at radius 3 is 2.07 bits per heavy atom. The van der Waals surface area contributed by atoms with Crippen LogP contribution in [0.15, 0.2) is 11.3 Å². The first-order valence-electron chi connectivity index (χ1n) is 24.5. The topological polar surface area (TPSA) is 144 Å². The molecule has 9 rings (SSSR count). The van der Waals surface area contributed by atoms with Crippen molar-refractivity contribution in [2.75, 3.05) is 47.6 Å². The molecule has 5 aliphatic carbocycles. The van der Waals surface area contributed by atoms with Crippen molar-refractivity contribution in [3.8, 4) is 0 Å². The molecule has 4 unspecified atom stereocenters. The van der Waals surface area contributed by atoms with Crippen molar-refractivity contribution >= 4 is 23.9 Å². The fourth-order valence-corrected chi connectivity index (χ4v) is 14.8. The van der Waals surface area contributed by atoms with Crippen LogP contribution in [0.3, 0.4) is 0 Å². The number of allylic oxidation sites excluding steroid dienone is 1. The second-order valence-electron chi connectivity index (χ2n) is 20.4. The van der Waals surface area contributed by atoms with Gasteiger partial charge in [-0.2, -0.15) is 0 Å². The number of aliphatic hydroxyl groups excluding tert-OH is 1. The van der Waals surface area contributed by atoms with Gasteiger partial charge in [0.15, 0.2) is 0 Å². The summed E-state index contributed by atoms with van der Waals surface area (Å²) in [7, 11) is 5.03. The number of amides is 3. The number of nitrogens with zero attached hydrogens (tertiary/aromatic N) is 3. The van der Waals surface area contributed by atoms with Crippen LogP contribution in [-0.4, -0.2) is 134 Å². The number of likely N-dealkylation sites (tertiary alicyclic amines) is 1. The third-order valence-corrected chi connectivity index (χ3v) is 17.5. The molecule has 4 saturated carbocycles. The predicted octanol–water partition coefficient (Wildman–Crippen LogP) is 6.39. The van der Waals surface area contributed by atoms with Crippen molar-refractivity contribution in [3.05, 3.63) is 11.3 Å². The number of imide groups is 1. The summed E-state index contributed by atoms with van der Waals surface area (Å²) in [5, 5.41) is 11.0. The number of cyclic esters (lactones) is 1. The van der Waals surface area contributed by atoms with Gasteiger partial charge in [0.05, 0.1) is 36.9 Å². The Balaban J connectivity index is 1.21. The highest BCUT2D eigenvalue weighted by Gasteiger charge is 2.77. The smallest absolute Gasteiger partial charge is 0.421 e. The van der Waals surface area contributed by atoms with Crippen LogP contribution in [-0.2, 0) is 38.1 Å². The second-order valence-corrected chi connectivity index (χ2v) is 20.4. The molecule has 0 aromatic heterocycles. The third kappa shape index (κ3) is 7.59. The molecule has 4 aliphatic heterocycles. The van der Waals surface area contributed by atoms with E-state index in [9.17, 15) is 9.90 Å². The Morgan fingerprint density at radius 2 is 1.39 bits per heavy atom. The van der Waals surface area contributed by atoms with Crippen LogP contribution in [0.5, 0.6) is 0 Å². The number of methoxy groups -OCH3 is 3. The number of morpholine rings is 1. The molecule has 4 heterocycles. The van der Waals surface area contributed by atoms with Gasteiger partial charge in [0.2, 0.25) is 11.8 Å². The summed E-state index contributed by atoms with van der Waals surface area (Å²) in [5.41, 5.74) is 0.0800. The molecule has 0 aromatic carbocycles. The maximum atomic E-state index is 16.3. The number of hydrogen-bond donors (Lipinski definition) is 1. The molecule has 7 fully saturated rings. The molecule has 61 heavy (non-hydrogen) atoms. The average Bonchev–Trinajstić information content (AvgIpc) is 3.75. The van der Waals surface area contributed by atoms with Gasteiger partial charge in [-0.25, -0.2) is 9.69 Å². The highest BCUT2D eigenvalue weighted by molar-refractivity contribution is 6.07. The van der Waals surface area contributed by atoms with Crippen molar-refractivity contribution in [2.24, 2.45) is 40.9 Å². The SMILES string of the molecule is COCCOC(=O)N1C(=O)[C@@]2(C3=C1CCCC3)[C@H](C(=O)N1CCC3CC(OC)C(OC)CC3C1)[C@H]1C(=O)O[C@H](C3CCCCC3)[C@H](C3CCCCC3)N1[C@@H]2C1CCC(O)CC1. The largest absolute Gasteiger partial charge is 0.459 e. The number of esters is 1. The van der Waals surface area contributed by atoms with Crippen molar-refractivity contribution in [1.82, 2.24) is 14.7 Å². The van der Waals surface area contributed by atoms with Gasteiger partial charge < -0.3 is 33.7 Å². The number of carbonyl (C=O) groups is 4. The first kappa shape index (κ1) is 43.7. The summed E-state index contributed by atoms with van der Waals surface area (Å²) in [6, 6.07) is -1.61. The standard InChI is InChI=1S/C48H73N3O10/c1-57-24-25-60-47(56)50-36-17-11-10-16-35(36)48(46(50)55)39(44(53)49-23-22-32-26-37(58-2)38(59-3)27-33(32)28-49)41-45(54)61-42(30-14-8-5-9-15-30)40(29-12-6-4-7-13-29)51(41)43(48)31-18-20-34(52)21-19-31/h29-34,37-43,52H,4-28H2,1-3H3/t31?,32?,33?,34?,37?,38?,39-,40-,41-,42+,43+,48-/m0/s1. The molecule has 340 valence electrons. The normalized spacial score (nSPS) is 40.2. The molecule has 3 saturated heterocycles. The first-order chi connectivity index (χ1) is 29.7. The number of aliphatic hydroxyl groups is 1. The summed E-state index contributed by atoms with van der Waals surface area (Å²) < 4.78 is 29.8. The fraction of sp³-hybridized carbons (Fsp3) is 0.875. The third-order valence-electron chi connectivity index (χ3n) is 17.5. The maximum Gasteiger partial charge on any atom is 0.421 e. The molecule has 9 aliphatic rings. The Labute approximate surface area is 362 Å². The quantitative estimate of drug-likeness (QED) is 0.204. The maximum absolute atomic E-state index is 16.3. The van der Waals surface area contributed by atoms with E-state index in [0.29, 0.717) is 63.2 Å². The average molecular weight is 852 g/mol. The van der Waals surface area contributed by atoms with Crippen LogP contribution >= 0.6 is 0 Å². The summed E-state index contributed by atoms with van der Waals surface area (Å²) in [4.78, 5) is 68.1. The summed E-state index contributed by atoms with van der Waals surface area (Å²) in [6.07, 6.45) is 17.0. The molecule has 0 bridgehead atoms. The van der Waals surface area contributed by atoms with Crippen LogP contribution in [0.4, 0.5) is 4.79 Å². The molecule has 0 radical (unpaired) electrons. The molecular formula is C48H73N3O10. The lowest BCUT2D eigenvalue weighted by atomic mass is 9.59. The van der Waals surface area contributed by atoms with Crippen molar-refractivity contribution in [1.29, 1.82) is 0 Å². The van der Waals surface area contributed by atoms with E-state index in [2.05, 4.69) is 4.90 Å². The van der Waals surface area contributed by atoms with Crippen molar-refractivity contribution in [2.45, 2.75) is 177 Å². The summed E-state index contributed by atoms with van der Waals surface area (Å²) >= 11 is 0. The minimum absolute atomic E-state index is 0.00233. The second kappa shape index (κ2) is 18.5. The van der Waals surface area contributed by atoms with Crippen molar-refractivity contribution in [3.63, 3.8) is 0 Å². The van der Waals surface area contributed by atoms with Gasteiger partial charge in [0.25, 0.3) is 0 Å². The Hall–Kier alpha value is -2.58. The van der Waals surface area contributed by atoms with E-state index < -0.39 is 41.5 Å². The Bertz CT molecular complexity index is 1650. The van der Waals surface area contributed by atoms with Crippen LogP contribution in [0.25, 0.3) is 0 Å². The van der Waals surface area contributed by atoms with Crippen LogP contribution in [0, 0.1) is 40.9 Å². The number of piperidine rings is 1. The van der Waals surface area contributed by atoms with E-state index >= 15 is 14.4 Å². The number of carbonyl (C=O) groups excluding carboxylic acids is 4. The van der Waals surface area contributed by atoms with E-state index in [4.69, 9.17) is 23.7 Å². The van der Waals surface area contributed by atoms with Gasteiger partial charge >= 0.3 is 12.1 Å². The monoisotopic (exact) mass is 852 g/mol. The zero-order valence-electron chi connectivity index (χ0n) is 37.1. The predicted molar refractivity (Wildman–Crippen MR) is 225 cm³/mol. The molecule has 1 spiro atoms. The lowest BCUT2D eigenvalue weighted by molar-refractivity contribution is -0.191. The number of rotatable bonds is 9. The molecule has 3 amide bonds. The Kier molecular flexibility index (Phi) is 13.2. The van der Waals surface area contributed by atoms with E-state index in [-0.39, 0.29) is 73.1 Å². The number of ether oxygens (including phenoxy) is 5. The molecule has 0 aromatic rings. The van der Waals surface area contributed by atoms with Crippen molar-refractivity contribution < 1.29 is 48.0 Å². The Morgan fingerprint density at radius 1 is 0.738 bits per heavy atom. The highest BCUT2D eigenvalue weighted by atomic mass is 16.6. The van der Waals surface area contributed by atoms with E-state index in [1.165, 1.54) is 17.7 Å². The highest BCUT2D eigenvalue weighted by Crippen LogP contribution is 2.65. The number of fused-ring (bicyclic) bond motifs is 3. The number of hydrogen-bond acceptors (Lipinski definition) is 11. The van der Waals surface area contributed by atoms with Gasteiger partial charge in [-0.3, -0.25) is 19.3 Å². The molecule has 13 nitrogen and oxygen atoms in total. The zero-order chi connectivity index (χ0) is 42.4. The first-order valence-corrected chi connectivity index (χ1v) is 24.5. The zero-order valence-corrected chi connectivity index (χ0v) is 37.1. The fourth-order valence-electron chi connectivity index (χ4n) is 14.8. The molecule has 10 atom stereocenters. The van der Waals surface area contributed by atoms with Crippen LogP contribution in [0.2, 0.25) is 0 Å². The van der Waals surface area contributed by atoms with Gasteiger partial charge in [0.1, 0.15) is 24.2 Å². The summed E-state index contributed by atoms with van der Waals surface area (Å²) in [6.45, 7) is 1.24. The van der Waals surface area contributed by atoms with Crippen LogP contribution in [0.1, 0.15) is 135 Å². The van der Waals surface area contributed by atoms with Gasteiger partial charge in [-0.1, -0.05) is 38.5 Å². The van der Waals surface area contributed by atoms with Gasteiger partial charge in [-0.05, 0) is 131 Å². The van der Waals surface area contributed by atoms with E-state index in [0.717, 1.165) is 89.0 Å². The van der Waals surface area contributed by atoms with E-state index in [1.54, 1.807) is 21.3 Å². The summed E-state index contributed by atoms with van der Waals surface area (Å²) in [5.74, 6) is -1.03. The molecule has 1 N–H and O–H groups in total. The minimum Gasteiger partial charge on any atom is -0.459 e. The lowest BCUT2D eigenvalue weighted by Gasteiger charge is -2.53.